The van der Waals surface area contributed by atoms with Crippen LogP contribution in [0.2, 0.25) is 0 Å². The van der Waals surface area contributed by atoms with Crippen LogP contribution in [0.3, 0.4) is 0 Å². The molecule has 5 rings (SSSR count). The van der Waals surface area contributed by atoms with Crippen molar-refractivity contribution in [3.05, 3.63) is 35.4 Å². The number of amides is 2. The number of carbonyl (C=O) groups excluding carboxylic acids is 2. The molecule has 1 aromatic rings. The zero-order valence-corrected chi connectivity index (χ0v) is 18.6. The molecule has 0 radical (unpaired) electrons. The predicted molar refractivity (Wildman–Crippen MR) is 117 cm³/mol. The fourth-order valence-electron chi connectivity index (χ4n) is 6.34. The van der Waals surface area contributed by atoms with Crippen LogP contribution in [0, 0.1) is 24.7 Å². The molecule has 3 heterocycles. The van der Waals surface area contributed by atoms with Crippen LogP contribution in [0.25, 0.3) is 0 Å². The Morgan fingerprint density at radius 1 is 1.10 bits per heavy atom. The Hall–Kier alpha value is -1.88. The van der Waals surface area contributed by atoms with Crippen molar-refractivity contribution in [3.8, 4) is 0 Å². The highest BCUT2D eigenvalue weighted by Gasteiger charge is 2.59. The van der Waals surface area contributed by atoms with E-state index in [4.69, 9.17) is 0 Å². The van der Waals surface area contributed by atoms with Crippen LogP contribution in [0.15, 0.2) is 24.3 Å². The minimum Gasteiger partial charge on any atom is -0.350 e. The highest BCUT2D eigenvalue weighted by atomic mass is 16.2. The molecular weight excluding hydrogens is 374 g/mol. The van der Waals surface area contributed by atoms with Crippen LogP contribution in [0.4, 0.5) is 0 Å². The third-order valence-corrected chi connectivity index (χ3v) is 8.14. The van der Waals surface area contributed by atoms with Gasteiger partial charge in [-0.2, -0.15) is 0 Å². The summed E-state index contributed by atoms with van der Waals surface area (Å²) in [6.45, 7) is 11.1. The molecule has 0 aromatic heterocycles. The number of benzene rings is 1. The molecule has 1 aromatic carbocycles. The normalized spacial score (nSPS) is 29.3. The molecule has 2 amide bonds. The molecule has 1 aliphatic carbocycles. The Kier molecular flexibility index (Phi) is 4.73. The molecule has 1 saturated carbocycles. The van der Waals surface area contributed by atoms with E-state index in [1.165, 1.54) is 11.1 Å². The molecule has 4 aliphatic rings. The fraction of sp³-hybridized carbons (Fsp3) is 0.680. The van der Waals surface area contributed by atoms with Crippen molar-refractivity contribution in [2.75, 3.05) is 32.7 Å². The number of fused-ring (bicyclic) bond motifs is 2. The first-order valence-corrected chi connectivity index (χ1v) is 11.7. The third kappa shape index (κ3) is 3.17. The van der Waals surface area contributed by atoms with E-state index in [9.17, 15) is 9.59 Å². The molecule has 1 N–H and O–H groups in total. The van der Waals surface area contributed by atoms with Crippen molar-refractivity contribution in [1.29, 1.82) is 0 Å². The maximum Gasteiger partial charge on any atom is 0.233 e. The Labute approximate surface area is 180 Å². The highest BCUT2D eigenvalue weighted by molar-refractivity contribution is 5.91. The van der Waals surface area contributed by atoms with Crippen molar-refractivity contribution >= 4 is 11.8 Å². The monoisotopic (exact) mass is 409 g/mol. The molecule has 0 unspecified atom stereocenters. The summed E-state index contributed by atoms with van der Waals surface area (Å²) in [6, 6.07) is 8.50. The van der Waals surface area contributed by atoms with Gasteiger partial charge in [0.2, 0.25) is 11.8 Å². The van der Waals surface area contributed by atoms with E-state index in [0.717, 1.165) is 58.4 Å². The van der Waals surface area contributed by atoms with Crippen molar-refractivity contribution < 1.29 is 9.59 Å². The lowest BCUT2D eigenvalue weighted by Gasteiger charge is -2.43. The smallest absolute Gasteiger partial charge is 0.233 e. The number of carbonyl (C=O) groups is 2. The molecular formula is C25H35N3O2. The Morgan fingerprint density at radius 2 is 1.77 bits per heavy atom. The van der Waals surface area contributed by atoms with E-state index >= 15 is 0 Å². The Morgan fingerprint density at radius 3 is 2.37 bits per heavy atom. The Balaban J connectivity index is 1.27. The van der Waals surface area contributed by atoms with Crippen LogP contribution >= 0.6 is 0 Å². The lowest BCUT2D eigenvalue weighted by Crippen LogP contribution is -2.57. The van der Waals surface area contributed by atoms with Gasteiger partial charge in [-0.3, -0.25) is 9.59 Å². The van der Waals surface area contributed by atoms with Gasteiger partial charge in [-0.1, -0.05) is 43.7 Å². The molecule has 30 heavy (non-hydrogen) atoms. The van der Waals surface area contributed by atoms with E-state index in [0.29, 0.717) is 17.7 Å². The number of rotatable bonds is 4. The van der Waals surface area contributed by atoms with Gasteiger partial charge in [0, 0.05) is 44.2 Å². The van der Waals surface area contributed by atoms with E-state index in [1.807, 2.05) is 0 Å². The number of nitrogens with zero attached hydrogens (tertiary/aromatic N) is 2. The second-order valence-electron chi connectivity index (χ2n) is 10.7. The van der Waals surface area contributed by atoms with Gasteiger partial charge in [0.15, 0.2) is 0 Å². The number of likely N-dealkylation sites (tertiary alicyclic amines) is 2. The predicted octanol–water partition coefficient (Wildman–Crippen LogP) is 2.72. The molecule has 162 valence electrons. The summed E-state index contributed by atoms with van der Waals surface area (Å²) in [4.78, 5) is 30.8. The van der Waals surface area contributed by atoms with Crippen LogP contribution in [0.1, 0.15) is 50.7 Å². The second-order valence-corrected chi connectivity index (χ2v) is 10.7. The molecule has 0 bridgehead atoms. The molecule has 5 nitrogen and oxygen atoms in total. The van der Waals surface area contributed by atoms with Gasteiger partial charge in [0.1, 0.15) is 0 Å². The summed E-state index contributed by atoms with van der Waals surface area (Å²) >= 11 is 0. The van der Waals surface area contributed by atoms with Gasteiger partial charge in [-0.05, 0) is 44.1 Å². The van der Waals surface area contributed by atoms with Gasteiger partial charge >= 0.3 is 0 Å². The van der Waals surface area contributed by atoms with Gasteiger partial charge in [0.25, 0.3) is 0 Å². The molecule has 5 heteroatoms. The average Bonchev–Trinajstić information content (AvgIpc) is 3.35. The first-order valence-electron chi connectivity index (χ1n) is 11.7. The summed E-state index contributed by atoms with van der Waals surface area (Å²) in [7, 11) is 0. The number of hydrogen-bond donors (Lipinski definition) is 1. The van der Waals surface area contributed by atoms with Crippen molar-refractivity contribution in [3.63, 3.8) is 0 Å². The standard InChI is InChI=1S/C25H35N3O2/c1-17(2)14-27-15-20-21(16-27)25(26-22(20)29)10-12-28(13-11-25)23(30)24(8-9-24)19-6-4-18(3)5-7-19/h4-7,17,20-21H,8-16H2,1-3H3,(H,26,29)/t20-,21+/m1/s1. The van der Waals surface area contributed by atoms with Gasteiger partial charge in [0.05, 0.1) is 11.3 Å². The van der Waals surface area contributed by atoms with Crippen LogP contribution in [-0.4, -0.2) is 59.9 Å². The summed E-state index contributed by atoms with van der Waals surface area (Å²) in [5, 5.41) is 3.39. The largest absolute Gasteiger partial charge is 0.350 e. The lowest BCUT2D eigenvalue weighted by molar-refractivity contribution is -0.136. The Bertz CT molecular complexity index is 834. The summed E-state index contributed by atoms with van der Waals surface area (Å²) in [5.74, 6) is 1.69. The third-order valence-electron chi connectivity index (χ3n) is 8.14. The zero-order chi connectivity index (χ0) is 21.1. The zero-order valence-electron chi connectivity index (χ0n) is 18.6. The number of piperidine rings is 1. The number of hydrogen-bond acceptors (Lipinski definition) is 3. The maximum absolute atomic E-state index is 13.5. The molecule has 1 spiro atoms. The first kappa shape index (κ1) is 20.0. The minimum absolute atomic E-state index is 0.106. The van der Waals surface area contributed by atoms with Crippen LogP contribution in [-0.2, 0) is 15.0 Å². The SMILES string of the molecule is Cc1ccc(C2(C(=O)N3CCC4(CC3)NC(=O)[C@@H]3CN(CC(C)C)C[C@@H]34)CC2)cc1. The summed E-state index contributed by atoms with van der Waals surface area (Å²) < 4.78 is 0. The molecule has 3 saturated heterocycles. The number of aryl methyl sites for hydroxylation is 1. The summed E-state index contributed by atoms with van der Waals surface area (Å²) in [6.07, 6.45) is 3.71. The average molecular weight is 410 g/mol. The fourth-order valence-corrected chi connectivity index (χ4v) is 6.34. The van der Waals surface area contributed by atoms with E-state index in [2.05, 4.69) is 60.2 Å². The van der Waals surface area contributed by atoms with Crippen LogP contribution in [0.5, 0.6) is 0 Å². The van der Waals surface area contributed by atoms with Crippen molar-refractivity contribution in [2.45, 2.75) is 57.4 Å². The van der Waals surface area contributed by atoms with Crippen LogP contribution < -0.4 is 5.32 Å². The second kappa shape index (κ2) is 7.08. The summed E-state index contributed by atoms with van der Waals surface area (Å²) in [5.41, 5.74) is 2.01. The van der Waals surface area contributed by atoms with Gasteiger partial charge in [-0.15, -0.1) is 0 Å². The van der Waals surface area contributed by atoms with Gasteiger partial charge < -0.3 is 15.1 Å². The highest BCUT2D eigenvalue weighted by Crippen LogP contribution is 2.51. The molecule has 3 aliphatic heterocycles. The van der Waals surface area contributed by atoms with Crippen molar-refractivity contribution in [1.82, 2.24) is 15.1 Å². The number of nitrogens with one attached hydrogen (secondary N) is 1. The van der Waals surface area contributed by atoms with E-state index in [-0.39, 0.29) is 22.8 Å². The molecule has 2 atom stereocenters. The van der Waals surface area contributed by atoms with Crippen molar-refractivity contribution in [2.24, 2.45) is 17.8 Å². The first-order chi connectivity index (χ1) is 14.3. The van der Waals surface area contributed by atoms with E-state index < -0.39 is 0 Å². The molecule has 4 fully saturated rings. The van der Waals surface area contributed by atoms with Gasteiger partial charge in [-0.25, -0.2) is 0 Å². The topological polar surface area (TPSA) is 52.7 Å². The van der Waals surface area contributed by atoms with E-state index in [1.54, 1.807) is 0 Å². The lowest BCUT2D eigenvalue weighted by atomic mass is 9.75. The maximum atomic E-state index is 13.5. The minimum atomic E-state index is -0.291. The quantitative estimate of drug-likeness (QED) is 0.832.